The normalized spacial score (nSPS) is 12.7. The van der Waals surface area contributed by atoms with Crippen LogP contribution in [0.25, 0.3) is 0 Å². The van der Waals surface area contributed by atoms with Crippen LogP contribution >= 0.6 is 22.9 Å². The molecule has 1 aromatic heterocycles. The summed E-state index contributed by atoms with van der Waals surface area (Å²) in [7, 11) is 1.99. The van der Waals surface area contributed by atoms with Crippen LogP contribution in [0.1, 0.15) is 26.9 Å². The van der Waals surface area contributed by atoms with Crippen LogP contribution in [0.4, 0.5) is 0 Å². The van der Waals surface area contributed by atoms with Crippen molar-refractivity contribution in [3.8, 4) is 0 Å². The van der Waals surface area contributed by atoms with Crippen molar-refractivity contribution in [2.45, 2.75) is 19.9 Å². The van der Waals surface area contributed by atoms with E-state index in [1.165, 1.54) is 20.9 Å². The number of halogens is 1. The van der Waals surface area contributed by atoms with Gasteiger partial charge in [-0.3, -0.25) is 0 Å². The van der Waals surface area contributed by atoms with Gasteiger partial charge in [0.2, 0.25) is 0 Å². The standard InChI is InChI=1S/C14H16ClNS/c1-9-8-13(10(2)17-9)14(16-3)11-4-6-12(15)7-5-11/h4-8,14,16H,1-3H3. The minimum absolute atomic E-state index is 0.247. The van der Waals surface area contributed by atoms with E-state index in [0.29, 0.717) is 0 Å². The molecule has 1 atom stereocenters. The van der Waals surface area contributed by atoms with Gasteiger partial charge in [0.1, 0.15) is 0 Å². The highest BCUT2D eigenvalue weighted by Crippen LogP contribution is 2.30. The zero-order valence-corrected chi connectivity index (χ0v) is 11.8. The average molecular weight is 266 g/mol. The summed E-state index contributed by atoms with van der Waals surface area (Å²) in [6, 6.07) is 10.5. The van der Waals surface area contributed by atoms with Crippen molar-refractivity contribution >= 4 is 22.9 Å². The highest BCUT2D eigenvalue weighted by Gasteiger charge is 2.15. The predicted octanol–water partition coefficient (Wildman–Crippen LogP) is 4.33. The average Bonchev–Trinajstić information content (AvgIpc) is 2.62. The van der Waals surface area contributed by atoms with Gasteiger partial charge >= 0.3 is 0 Å². The lowest BCUT2D eigenvalue weighted by Gasteiger charge is -2.16. The van der Waals surface area contributed by atoms with Crippen LogP contribution < -0.4 is 5.32 Å². The maximum atomic E-state index is 5.92. The molecular weight excluding hydrogens is 250 g/mol. The van der Waals surface area contributed by atoms with Crippen LogP contribution in [0.5, 0.6) is 0 Å². The van der Waals surface area contributed by atoms with E-state index in [1.54, 1.807) is 0 Å². The number of benzene rings is 1. The quantitative estimate of drug-likeness (QED) is 0.871. The molecule has 0 aliphatic rings. The van der Waals surface area contributed by atoms with Gasteiger partial charge in [-0.2, -0.15) is 0 Å². The largest absolute Gasteiger partial charge is 0.309 e. The SMILES string of the molecule is CNC(c1ccc(Cl)cc1)c1cc(C)sc1C. The van der Waals surface area contributed by atoms with Crippen molar-refractivity contribution < 1.29 is 0 Å². The van der Waals surface area contributed by atoms with Gasteiger partial charge in [-0.1, -0.05) is 23.7 Å². The summed E-state index contributed by atoms with van der Waals surface area (Å²) in [5.74, 6) is 0. The van der Waals surface area contributed by atoms with Gasteiger partial charge < -0.3 is 5.32 Å². The third-order valence-corrected chi connectivity index (χ3v) is 4.12. The molecule has 1 N–H and O–H groups in total. The summed E-state index contributed by atoms with van der Waals surface area (Å²) in [6.45, 7) is 4.32. The molecule has 2 rings (SSSR count). The highest BCUT2D eigenvalue weighted by molar-refractivity contribution is 7.12. The van der Waals surface area contributed by atoms with Crippen molar-refractivity contribution in [1.29, 1.82) is 0 Å². The van der Waals surface area contributed by atoms with Crippen LogP contribution in [0.15, 0.2) is 30.3 Å². The first-order valence-corrected chi connectivity index (χ1v) is 6.81. The van der Waals surface area contributed by atoms with Crippen molar-refractivity contribution in [1.82, 2.24) is 5.32 Å². The molecule has 1 aromatic carbocycles. The summed E-state index contributed by atoms with van der Waals surface area (Å²) in [6.07, 6.45) is 0. The number of nitrogens with one attached hydrogen (secondary N) is 1. The Balaban J connectivity index is 2.39. The van der Waals surface area contributed by atoms with Crippen LogP contribution in [-0.4, -0.2) is 7.05 Å². The Morgan fingerprint density at radius 3 is 2.29 bits per heavy atom. The van der Waals surface area contributed by atoms with E-state index in [4.69, 9.17) is 11.6 Å². The molecule has 0 saturated carbocycles. The molecule has 0 aliphatic carbocycles. The number of aryl methyl sites for hydroxylation is 2. The second kappa shape index (κ2) is 5.21. The third-order valence-electron chi connectivity index (χ3n) is 2.88. The summed E-state index contributed by atoms with van der Waals surface area (Å²) in [4.78, 5) is 2.73. The van der Waals surface area contributed by atoms with E-state index in [-0.39, 0.29) is 6.04 Å². The van der Waals surface area contributed by atoms with Crippen LogP contribution in [0.2, 0.25) is 5.02 Å². The monoisotopic (exact) mass is 265 g/mol. The van der Waals surface area contributed by atoms with E-state index >= 15 is 0 Å². The zero-order chi connectivity index (χ0) is 12.4. The van der Waals surface area contributed by atoms with Crippen molar-refractivity contribution in [2.75, 3.05) is 7.05 Å². The Morgan fingerprint density at radius 2 is 1.82 bits per heavy atom. The number of hydrogen-bond acceptors (Lipinski definition) is 2. The lowest BCUT2D eigenvalue weighted by atomic mass is 9.99. The molecule has 0 saturated heterocycles. The molecule has 1 heterocycles. The molecule has 90 valence electrons. The van der Waals surface area contributed by atoms with Gasteiger partial charge in [0.15, 0.2) is 0 Å². The number of thiophene rings is 1. The van der Waals surface area contributed by atoms with Gasteiger partial charge in [-0.15, -0.1) is 11.3 Å². The zero-order valence-electron chi connectivity index (χ0n) is 10.3. The molecule has 0 spiro atoms. The van der Waals surface area contributed by atoms with Crippen LogP contribution in [0.3, 0.4) is 0 Å². The van der Waals surface area contributed by atoms with Crippen molar-refractivity contribution in [3.63, 3.8) is 0 Å². The first kappa shape index (κ1) is 12.6. The molecule has 0 radical (unpaired) electrons. The minimum Gasteiger partial charge on any atom is -0.309 e. The Kier molecular flexibility index (Phi) is 3.87. The van der Waals surface area contributed by atoms with Crippen LogP contribution in [0, 0.1) is 13.8 Å². The topological polar surface area (TPSA) is 12.0 Å². The Morgan fingerprint density at radius 1 is 1.18 bits per heavy atom. The lowest BCUT2D eigenvalue weighted by molar-refractivity contribution is 0.690. The second-order valence-corrected chi connectivity index (χ2v) is 6.04. The van der Waals surface area contributed by atoms with E-state index < -0.39 is 0 Å². The first-order valence-electron chi connectivity index (χ1n) is 5.61. The third kappa shape index (κ3) is 2.71. The molecule has 0 amide bonds. The molecule has 1 unspecified atom stereocenters. The van der Waals surface area contributed by atoms with E-state index in [1.807, 2.05) is 30.5 Å². The fourth-order valence-corrected chi connectivity index (χ4v) is 3.18. The van der Waals surface area contributed by atoms with E-state index in [9.17, 15) is 0 Å². The van der Waals surface area contributed by atoms with Gasteiger partial charge in [-0.25, -0.2) is 0 Å². The fraction of sp³-hybridized carbons (Fsp3) is 0.286. The second-order valence-electron chi connectivity index (χ2n) is 4.14. The van der Waals surface area contributed by atoms with E-state index in [0.717, 1.165) is 5.02 Å². The summed E-state index contributed by atoms with van der Waals surface area (Å²) in [5, 5.41) is 4.15. The van der Waals surface area contributed by atoms with Gasteiger partial charge in [0.05, 0.1) is 6.04 Å². The van der Waals surface area contributed by atoms with Gasteiger partial charge in [-0.05, 0) is 50.2 Å². The van der Waals surface area contributed by atoms with E-state index in [2.05, 4.69) is 37.4 Å². The van der Waals surface area contributed by atoms with Gasteiger partial charge in [0, 0.05) is 14.8 Å². The minimum atomic E-state index is 0.247. The maximum Gasteiger partial charge on any atom is 0.0585 e. The molecule has 17 heavy (non-hydrogen) atoms. The Labute approximate surface area is 111 Å². The van der Waals surface area contributed by atoms with Gasteiger partial charge in [0.25, 0.3) is 0 Å². The highest BCUT2D eigenvalue weighted by atomic mass is 35.5. The fourth-order valence-electron chi connectivity index (χ4n) is 2.09. The molecular formula is C14H16ClNS. The Bertz CT molecular complexity index is 501. The molecule has 2 aromatic rings. The predicted molar refractivity (Wildman–Crippen MR) is 76.1 cm³/mol. The molecule has 0 bridgehead atoms. The lowest BCUT2D eigenvalue weighted by Crippen LogP contribution is -2.17. The van der Waals surface area contributed by atoms with Crippen molar-refractivity contribution in [2.24, 2.45) is 0 Å². The molecule has 0 aliphatic heterocycles. The Hall–Kier alpha value is -0.830. The van der Waals surface area contributed by atoms with Crippen molar-refractivity contribution in [3.05, 3.63) is 56.2 Å². The van der Waals surface area contributed by atoms with Crippen LogP contribution in [-0.2, 0) is 0 Å². The molecule has 0 fully saturated rings. The first-order chi connectivity index (χ1) is 8.11. The maximum absolute atomic E-state index is 5.92. The number of rotatable bonds is 3. The molecule has 3 heteroatoms. The summed E-state index contributed by atoms with van der Waals surface area (Å²) < 4.78 is 0. The summed E-state index contributed by atoms with van der Waals surface area (Å²) in [5.41, 5.74) is 2.61. The number of hydrogen-bond donors (Lipinski definition) is 1. The summed E-state index contributed by atoms with van der Waals surface area (Å²) >= 11 is 7.77. The smallest absolute Gasteiger partial charge is 0.0585 e. The molecule has 1 nitrogen and oxygen atoms in total.